The van der Waals surface area contributed by atoms with E-state index in [0.29, 0.717) is 48.0 Å². The van der Waals surface area contributed by atoms with Gasteiger partial charge in [0.15, 0.2) is 28.8 Å². The van der Waals surface area contributed by atoms with E-state index < -0.39 is 6.04 Å². The number of methoxy groups -OCH3 is 3. The smallest absolute Gasteiger partial charge is 0.203 e. The molecule has 0 unspecified atom stereocenters. The van der Waals surface area contributed by atoms with Crippen LogP contribution < -0.4 is 29.6 Å². The third kappa shape index (κ3) is 4.58. The second-order valence-electron chi connectivity index (χ2n) is 9.29. The summed E-state index contributed by atoms with van der Waals surface area (Å²) in [6.07, 6.45) is 0.937. The van der Waals surface area contributed by atoms with Crippen LogP contribution in [0.1, 0.15) is 42.9 Å². The zero-order valence-corrected chi connectivity index (χ0v) is 22.0. The van der Waals surface area contributed by atoms with Crippen LogP contribution in [-0.4, -0.2) is 38.8 Å². The molecule has 8 nitrogen and oxygen atoms in total. The topological polar surface area (TPSA) is 98.3 Å². The Morgan fingerprint density at radius 1 is 0.868 bits per heavy atom. The van der Waals surface area contributed by atoms with Crippen molar-refractivity contribution in [3.05, 3.63) is 77.0 Å². The van der Waals surface area contributed by atoms with Crippen LogP contribution in [-0.2, 0) is 4.79 Å². The number of hydrogen-bond acceptors (Lipinski definition) is 8. The number of ketones is 1. The summed E-state index contributed by atoms with van der Waals surface area (Å²) in [5, 5.41) is 17.4. The second-order valence-corrected chi connectivity index (χ2v) is 9.29. The van der Waals surface area contributed by atoms with E-state index in [1.165, 1.54) is 0 Å². The molecule has 5 rings (SSSR count). The Kier molecular flexibility index (Phi) is 7.05. The minimum Gasteiger partial charge on any atom is -0.504 e. The summed E-state index contributed by atoms with van der Waals surface area (Å²) in [6.45, 7) is 2.29. The van der Waals surface area contributed by atoms with Gasteiger partial charge in [-0.1, -0.05) is 18.2 Å². The second kappa shape index (κ2) is 10.6. The lowest BCUT2D eigenvalue weighted by Crippen LogP contribution is -2.27. The van der Waals surface area contributed by atoms with Gasteiger partial charge in [0.1, 0.15) is 0 Å². The largest absolute Gasteiger partial charge is 0.504 e. The monoisotopic (exact) mass is 516 g/mol. The minimum absolute atomic E-state index is 0.0360. The summed E-state index contributed by atoms with van der Waals surface area (Å²) < 4.78 is 22.3. The fraction of sp³-hybridized carbons (Fsp3) is 0.300. The average Bonchev–Trinajstić information content (AvgIpc) is 3.10. The highest BCUT2D eigenvalue weighted by Gasteiger charge is 2.37. The number of allylic oxidation sites excluding steroid dienone is 1. The minimum atomic E-state index is -0.422. The summed E-state index contributed by atoms with van der Waals surface area (Å²) >= 11 is 0. The number of carbonyl (C=O) groups excluding carboxylic acids is 1. The number of nitrogens with one attached hydrogen (secondary N) is 2. The van der Waals surface area contributed by atoms with E-state index in [0.717, 1.165) is 28.2 Å². The van der Waals surface area contributed by atoms with Crippen molar-refractivity contribution in [2.45, 2.75) is 31.7 Å². The van der Waals surface area contributed by atoms with E-state index >= 15 is 0 Å². The summed E-state index contributed by atoms with van der Waals surface area (Å²) in [4.78, 5) is 13.9. The average molecular weight is 517 g/mol. The Morgan fingerprint density at radius 3 is 2.21 bits per heavy atom. The fourth-order valence-corrected chi connectivity index (χ4v) is 5.30. The molecule has 198 valence electrons. The molecule has 1 aliphatic carbocycles. The molecule has 2 atom stereocenters. The standard InChI is InChI=1S/C30H32N2O6/c1-5-38-25-14-17(10-11-23(25)33)29-28-22(31-20-8-6-7-9-21(20)32-29)12-18(13-24(28)34)19-15-26(35-2)30(37-4)27(16-19)36-3/h6-11,14-16,18,29,31-33H,5,12-13H2,1-4H3/t18-,29+/m1/s1. The molecule has 2 aliphatic rings. The highest BCUT2D eigenvalue weighted by Crippen LogP contribution is 2.47. The predicted molar refractivity (Wildman–Crippen MR) is 146 cm³/mol. The van der Waals surface area contributed by atoms with Gasteiger partial charge in [-0.3, -0.25) is 4.79 Å². The molecule has 1 heterocycles. The number of phenols is 1. The summed E-state index contributed by atoms with van der Waals surface area (Å²) in [5.41, 5.74) is 5.08. The SMILES string of the molecule is CCOc1cc([C@@H]2Nc3ccccc3NC3=C2C(=O)C[C@H](c2cc(OC)c(OC)c(OC)c2)C3)ccc1O. The number of ether oxygens (including phenoxy) is 4. The van der Waals surface area contributed by atoms with Crippen molar-refractivity contribution in [3.63, 3.8) is 0 Å². The van der Waals surface area contributed by atoms with Crippen molar-refractivity contribution in [3.8, 4) is 28.7 Å². The fourth-order valence-electron chi connectivity index (χ4n) is 5.30. The first-order valence-electron chi connectivity index (χ1n) is 12.6. The number of phenolic OH excluding ortho intramolecular Hbond substituents is 1. The molecular weight excluding hydrogens is 484 g/mol. The summed E-state index contributed by atoms with van der Waals surface area (Å²) in [6, 6.07) is 16.5. The maximum Gasteiger partial charge on any atom is 0.203 e. The number of aromatic hydroxyl groups is 1. The number of para-hydroxylation sites is 2. The molecule has 1 aliphatic heterocycles. The zero-order chi connectivity index (χ0) is 26.8. The van der Waals surface area contributed by atoms with Crippen molar-refractivity contribution >= 4 is 17.2 Å². The lowest BCUT2D eigenvalue weighted by atomic mass is 9.78. The van der Waals surface area contributed by atoms with E-state index in [1.54, 1.807) is 33.5 Å². The number of rotatable bonds is 7. The summed E-state index contributed by atoms with van der Waals surface area (Å²) in [7, 11) is 4.74. The molecule has 38 heavy (non-hydrogen) atoms. The maximum absolute atomic E-state index is 13.9. The third-order valence-electron chi connectivity index (χ3n) is 7.08. The van der Waals surface area contributed by atoms with E-state index in [9.17, 15) is 9.90 Å². The molecule has 0 saturated heterocycles. The molecule has 0 aromatic heterocycles. The molecule has 3 aromatic carbocycles. The first-order valence-corrected chi connectivity index (χ1v) is 12.6. The number of anilines is 2. The van der Waals surface area contributed by atoms with Gasteiger partial charge in [-0.2, -0.15) is 0 Å². The van der Waals surface area contributed by atoms with Crippen molar-refractivity contribution in [2.24, 2.45) is 0 Å². The normalized spacial score (nSPS) is 18.4. The number of benzene rings is 3. The van der Waals surface area contributed by atoms with Gasteiger partial charge in [-0.15, -0.1) is 0 Å². The molecule has 0 bridgehead atoms. The van der Waals surface area contributed by atoms with Crippen LogP contribution in [0, 0.1) is 0 Å². The summed E-state index contributed by atoms with van der Waals surface area (Å²) in [5.74, 6) is 2.03. The molecule has 3 aromatic rings. The van der Waals surface area contributed by atoms with E-state index in [4.69, 9.17) is 18.9 Å². The van der Waals surface area contributed by atoms with E-state index in [2.05, 4.69) is 10.6 Å². The molecule has 0 spiro atoms. The quantitative estimate of drug-likeness (QED) is 0.363. The Bertz CT molecular complexity index is 1370. The molecule has 8 heteroatoms. The van der Waals surface area contributed by atoms with E-state index in [-0.39, 0.29) is 17.5 Å². The van der Waals surface area contributed by atoms with Gasteiger partial charge in [0, 0.05) is 17.7 Å². The van der Waals surface area contributed by atoms with Crippen molar-refractivity contribution in [1.82, 2.24) is 0 Å². The molecule has 0 radical (unpaired) electrons. The van der Waals surface area contributed by atoms with Crippen molar-refractivity contribution < 1.29 is 28.8 Å². The van der Waals surface area contributed by atoms with Gasteiger partial charge >= 0.3 is 0 Å². The zero-order valence-electron chi connectivity index (χ0n) is 22.0. The first-order chi connectivity index (χ1) is 18.5. The number of Topliss-reactive ketones (excluding diaryl/α,β-unsaturated/α-hetero) is 1. The van der Waals surface area contributed by atoms with Gasteiger partial charge in [0.05, 0.1) is 45.4 Å². The van der Waals surface area contributed by atoms with Gasteiger partial charge in [-0.05, 0) is 66.8 Å². The highest BCUT2D eigenvalue weighted by molar-refractivity contribution is 6.01. The lowest BCUT2D eigenvalue weighted by molar-refractivity contribution is -0.116. The van der Waals surface area contributed by atoms with E-state index in [1.807, 2.05) is 49.4 Å². The Morgan fingerprint density at radius 2 is 1.55 bits per heavy atom. The molecular formula is C30H32N2O6. The Hall–Kier alpha value is -4.33. The van der Waals surface area contributed by atoms with Gasteiger partial charge < -0.3 is 34.7 Å². The van der Waals surface area contributed by atoms with Crippen LogP contribution >= 0.6 is 0 Å². The van der Waals surface area contributed by atoms with Gasteiger partial charge in [-0.25, -0.2) is 0 Å². The molecule has 0 saturated carbocycles. The molecule has 0 amide bonds. The van der Waals surface area contributed by atoms with Crippen LogP contribution in [0.2, 0.25) is 0 Å². The van der Waals surface area contributed by atoms with Crippen molar-refractivity contribution in [1.29, 1.82) is 0 Å². The number of hydrogen-bond donors (Lipinski definition) is 3. The van der Waals surface area contributed by atoms with Crippen LogP contribution in [0.15, 0.2) is 65.9 Å². The lowest BCUT2D eigenvalue weighted by Gasteiger charge is -2.30. The number of fused-ring (bicyclic) bond motifs is 1. The van der Waals surface area contributed by atoms with Crippen molar-refractivity contribution in [2.75, 3.05) is 38.6 Å². The number of carbonyl (C=O) groups is 1. The maximum atomic E-state index is 13.9. The van der Waals surface area contributed by atoms with Crippen LogP contribution in [0.5, 0.6) is 28.7 Å². The van der Waals surface area contributed by atoms with Crippen LogP contribution in [0.25, 0.3) is 0 Å². The first kappa shape index (κ1) is 25.3. The third-order valence-corrected chi connectivity index (χ3v) is 7.08. The van der Waals surface area contributed by atoms with Crippen LogP contribution in [0.4, 0.5) is 11.4 Å². The Balaban J connectivity index is 1.60. The van der Waals surface area contributed by atoms with Crippen LogP contribution in [0.3, 0.4) is 0 Å². The van der Waals surface area contributed by atoms with Gasteiger partial charge in [0.25, 0.3) is 0 Å². The highest BCUT2D eigenvalue weighted by atomic mass is 16.5. The predicted octanol–water partition coefficient (Wildman–Crippen LogP) is 5.80. The molecule has 3 N–H and O–H groups in total. The Labute approximate surface area is 222 Å². The van der Waals surface area contributed by atoms with Gasteiger partial charge in [0.2, 0.25) is 5.75 Å². The molecule has 0 fully saturated rings.